The van der Waals surface area contributed by atoms with Gasteiger partial charge in [-0.15, -0.1) is 0 Å². The Kier molecular flexibility index (Phi) is 4.63. The quantitative estimate of drug-likeness (QED) is 0.698. The van der Waals surface area contributed by atoms with Crippen LogP contribution in [-0.2, 0) is 18.4 Å². The monoisotopic (exact) mass is 358 g/mol. The summed E-state index contributed by atoms with van der Waals surface area (Å²) in [7, 11) is 1.56. The van der Waals surface area contributed by atoms with Crippen molar-refractivity contribution in [2.24, 2.45) is 7.05 Å². The van der Waals surface area contributed by atoms with Gasteiger partial charge in [0.25, 0.3) is 5.56 Å². The first kappa shape index (κ1) is 17.2. The van der Waals surface area contributed by atoms with Gasteiger partial charge in [0, 0.05) is 7.05 Å². The molecule has 0 radical (unpaired) electrons. The van der Waals surface area contributed by atoms with E-state index in [9.17, 15) is 14.4 Å². The van der Waals surface area contributed by atoms with Crippen molar-refractivity contribution in [1.29, 1.82) is 0 Å². The lowest BCUT2D eigenvalue weighted by molar-refractivity contribution is -0.114. The third-order valence-electron chi connectivity index (χ3n) is 3.80. The van der Waals surface area contributed by atoms with E-state index in [1.54, 1.807) is 11.6 Å². The van der Waals surface area contributed by atoms with E-state index >= 15 is 0 Å². The van der Waals surface area contributed by atoms with E-state index in [2.05, 4.69) is 9.97 Å². The van der Waals surface area contributed by atoms with Crippen LogP contribution < -0.4 is 11.2 Å². The highest BCUT2D eigenvalue weighted by Crippen LogP contribution is 2.23. The molecule has 1 N–H and O–H groups in total. The maximum atomic E-state index is 12.4. The zero-order valence-electron chi connectivity index (χ0n) is 14.2. The Morgan fingerprint density at radius 2 is 2.08 bits per heavy atom. The molecule has 0 aliphatic carbocycles. The number of hydrogen-bond donors (Lipinski definition) is 1. The van der Waals surface area contributed by atoms with Crippen molar-refractivity contribution >= 4 is 28.7 Å². The summed E-state index contributed by atoms with van der Waals surface area (Å²) in [4.78, 5) is 42.3. The van der Waals surface area contributed by atoms with Gasteiger partial charge in [-0.1, -0.05) is 41.6 Å². The Bertz CT molecular complexity index is 1080. The molecule has 0 bridgehead atoms. The lowest BCUT2D eigenvalue weighted by atomic mass is 10.1. The highest BCUT2D eigenvalue weighted by atomic mass is 32.2. The predicted octanol–water partition coefficient (Wildman–Crippen LogP) is 1.46. The number of carbonyl (C=O) groups excluding carboxylic acids is 1. The first-order valence-electron chi connectivity index (χ1n) is 7.74. The van der Waals surface area contributed by atoms with Crippen LogP contribution in [-0.4, -0.2) is 30.6 Å². The number of aromatic amines is 1. The molecule has 0 aliphatic heterocycles. The van der Waals surface area contributed by atoms with Crippen molar-refractivity contribution in [3.63, 3.8) is 0 Å². The number of aryl methyl sites for hydroxylation is 2. The van der Waals surface area contributed by atoms with Gasteiger partial charge in [-0.25, -0.2) is 9.78 Å². The van der Waals surface area contributed by atoms with Gasteiger partial charge in [-0.05, 0) is 19.4 Å². The molecule has 1 aromatic carbocycles. The minimum absolute atomic E-state index is 0.0157. The topological polar surface area (TPSA) is 89.8 Å². The second-order valence-electron chi connectivity index (χ2n) is 5.95. The van der Waals surface area contributed by atoms with Gasteiger partial charge in [0.15, 0.2) is 16.3 Å². The molecule has 0 saturated heterocycles. The number of H-pyrrole nitrogens is 1. The Balaban J connectivity index is 2.20. The van der Waals surface area contributed by atoms with E-state index < -0.39 is 11.2 Å². The standard InChI is InChI=1S/C17H18N4O3S/c1-10-5-4-6-12(7-10)8-21-13-14(18-17(21)25-9-11(2)22)20(3)16(24)19-15(13)23/h4-7H,8-9H2,1-3H3,(H,19,23,24). The molecule has 7 nitrogen and oxygen atoms in total. The van der Waals surface area contributed by atoms with Crippen molar-refractivity contribution < 1.29 is 4.79 Å². The predicted molar refractivity (Wildman–Crippen MR) is 97.3 cm³/mol. The van der Waals surface area contributed by atoms with Crippen LogP contribution in [0.15, 0.2) is 39.0 Å². The normalized spacial score (nSPS) is 11.2. The molecular weight excluding hydrogens is 340 g/mol. The third-order valence-corrected chi connectivity index (χ3v) is 4.92. The van der Waals surface area contributed by atoms with Gasteiger partial charge in [0.2, 0.25) is 0 Å². The third kappa shape index (κ3) is 3.43. The summed E-state index contributed by atoms with van der Waals surface area (Å²) in [6.45, 7) is 3.93. The minimum Gasteiger partial charge on any atom is -0.309 e. The average molecular weight is 358 g/mol. The number of aromatic nitrogens is 4. The van der Waals surface area contributed by atoms with Crippen LogP contribution >= 0.6 is 11.8 Å². The fraction of sp³-hybridized carbons (Fsp3) is 0.294. The molecule has 0 saturated carbocycles. The van der Waals surface area contributed by atoms with E-state index in [4.69, 9.17) is 0 Å². The Morgan fingerprint density at radius 1 is 1.32 bits per heavy atom. The van der Waals surface area contributed by atoms with Crippen LogP contribution in [0.5, 0.6) is 0 Å². The number of hydrogen-bond acceptors (Lipinski definition) is 5. The molecule has 8 heteroatoms. The second-order valence-corrected chi connectivity index (χ2v) is 6.89. The Labute approximate surface area is 147 Å². The molecule has 0 fully saturated rings. The number of carbonyl (C=O) groups is 1. The summed E-state index contributed by atoms with van der Waals surface area (Å²) in [5, 5.41) is 0.540. The zero-order chi connectivity index (χ0) is 18.1. The number of imidazole rings is 1. The first-order chi connectivity index (χ1) is 11.9. The van der Waals surface area contributed by atoms with E-state index in [0.717, 1.165) is 11.1 Å². The largest absolute Gasteiger partial charge is 0.329 e. The zero-order valence-corrected chi connectivity index (χ0v) is 15.0. The summed E-state index contributed by atoms with van der Waals surface area (Å²) in [5.74, 6) is 0.269. The number of ketones is 1. The Hall–Kier alpha value is -2.61. The highest BCUT2D eigenvalue weighted by molar-refractivity contribution is 7.99. The minimum atomic E-state index is -0.513. The maximum Gasteiger partial charge on any atom is 0.329 e. The van der Waals surface area contributed by atoms with Gasteiger partial charge in [-0.3, -0.25) is 19.1 Å². The van der Waals surface area contributed by atoms with Crippen LogP contribution in [0.2, 0.25) is 0 Å². The molecule has 3 aromatic rings. The summed E-state index contributed by atoms with van der Waals surface area (Å²) < 4.78 is 3.07. The number of benzene rings is 1. The molecule has 0 spiro atoms. The van der Waals surface area contributed by atoms with Crippen molar-refractivity contribution in [3.8, 4) is 0 Å². The molecular formula is C17H18N4O3S. The summed E-state index contributed by atoms with van der Waals surface area (Å²) in [5.41, 5.74) is 1.77. The molecule has 25 heavy (non-hydrogen) atoms. The summed E-state index contributed by atoms with van der Waals surface area (Å²) >= 11 is 1.26. The average Bonchev–Trinajstić information content (AvgIpc) is 2.90. The number of thioether (sulfide) groups is 1. The van der Waals surface area contributed by atoms with E-state index in [0.29, 0.717) is 22.9 Å². The van der Waals surface area contributed by atoms with E-state index in [1.165, 1.54) is 23.3 Å². The van der Waals surface area contributed by atoms with Crippen molar-refractivity contribution in [2.45, 2.75) is 25.5 Å². The van der Waals surface area contributed by atoms with Crippen LogP contribution in [0, 0.1) is 6.92 Å². The van der Waals surface area contributed by atoms with Crippen LogP contribution in [0.4, 0.5) is 0 Å². The molecule has 130 valence electrons. The number of rotatable bonds is 5. The molecule has 0 aliphatic rings. The van der Waals surface area contributed by atoms with Gasteiger partial charge >= 0.3 is 5.69 Å². The molecule has 0 unspecified atom stereocenters. The van der Waals surface area contributed by atoms with E-state index in [-0.39, 0.29) is 11.5 Å². The molecule has 3 rings (SSSR count). The van der Waals surface area contributed by atoms with Gasteiger partial charge in [0.05, 0.1) is 12.3 Å². The molecule has 0 atom stereocenters. The van der Waals surface area contributed by atoms with Crippen LogP contribution in [0.3, 0.4) is 0 Å². The van der Waals surface area contributed by atoms with Crippen molar-refractivity contribution in [2.75, 3.05) is 5.75 Å². The van der Waals surface area contributed by atoms with Crippen LogP contribution in [0.1, 0.15) is 18.1 Å². The molecule has 0 amide bonds. The van der Waals surface area contributed by atoms with Crippen LogP contribution in [0.25, 0.3) is 11.2 Å². The van der Waals surface area contributed by atoms with Gasteiger partial charge in [-0.2, -0.15) is 0 Å². The molecule has 2 heterocycles. The maximum absolute atomic E-state index is 12.4. The smallest absolute Gasteiger partial charge is 0.309 e. The fourth-order valence-electron chi connectivity index (χ4n) is 2.63. The second kappa shape index (κ2) is 6.72. The number of fused-ring (bicyclic) bond motifs is 1. The van der Waals surface area contributed by atoms with Gasteiger partial charge < -0.3 is 4.57 Å². The van der Waals surface area contributed by atoms with E-state index in [1.807, 2.05) is 31.2 Å². The highest BCUT2D eigenvalue weighted by Gasteiger charge is 2.18. The fourth-order valence-corrected chi connectivity index (χ4v) is 3.43. The Morgan fingerprint density at radius 3 is 2.76 bits per heavy atom. The van der Waals surface area contributed by atoms with Crippen molar-refractivity contribution in [1.82, 2.24) is 19.1 Å². The number of nitrogens with zero attached hydrogens (tertiary/aromatic N) is 3. The number of Topliss-reactive ketones (excluding diaryl/α,β-unsaturated/α-hetero) is 1. The summed E-state index contributed by atoms with van der Waals surface area (Å²) in [6.07, 6.45) is 0. The lowest BCUT2D eigenvalue weighted by Crippen LogP contribution is -2.29. The van der Waals surface area contributed by atoms with Gasteiger partial charge in [0.1, 0.15) is 5.78 Å². The summed E-state index contributed by atoms with van der Waals surface area (Å²) in [6, 6.07) is 7.94. The first-order valence-corrected chi connectivity index (χ1v) is 8.72. The SMILES string of the molecule is CC(=O)CSc1nc2c(c(=O)[nH]c(=O)n2C)n1Cc1cccc(C)c1. The number of nitrogens with one attached hydrogen (secondary N) is 1. The van der Waals surface area contributed by atoms with Crippen molar-refractivity contribution in [3.05, 3.63) is 56.2 Å². The lowest BCUT2D eigenvalue weighted by Gasteiger charge is -2.09. The molecule has 2 aromatic heterocycles.